The lowest BCUT2D eigenvalue weighted by molar-refractivity contribution is 0.291. The van der Waals surface area contributed by atoms with E-state index in [1.165, 1.54) is 0 Å². The summed E-state index contributed by atoms with van der Waals surface area (Å²) in [5.41, 5.74) is 5.43. The van der Waals surface area contributed by atoms with E-state index in [-0.39, 0.29) is 0 Å². The molecule has 0 aliphatic carbocycles. The smallest absolute Gasteiger partial charge is 0.122 e. The molecule has 5 heteroatoms. The van der Waals surface area contributed by atoms with Crippen LogP contribution in [0.4, 0.5) is 0 Å². The van der Waals surface area contributed by atoms with Crippen LogP contribution in [-0.2, 0) is 6.54 Å². The van der Waals surface area contributed by atoms with Crippen LogP contribution in [0.15, 0.2) is 43.0 Å². The maximum absolute atomic E-state index is 5.71. The summed E-state index contributed by atoms with van der Waals surface area (Å²) in [5, 5.41) is 0. The first-order valence-corrected chi connectivity index (χ1v) is 6.90. The molecule has 2 aromatic rings. The number of nitrogens with zero attached hydrogens (tertiary/aromatic N) is 2. The van der Waals surface area contributed by atoms with Crippen LogP contribution in [0.1, 0.15) is 12.8 Å². The molecule has 0 amide bonds. The molecule has 0 fully saturated rings. The van der Waals surface area contributed by atoms with Gasteiger partial charge in [0.25, 0.3) is 0 Å². The largest absolute Gasteiger partial charge is 0.493 e. The van der Waals surface area contributed by atoms with Crippen molar-refractivity contribution in [2.24, 2.45) is 5.73 Å². The Morgan fingerprint density at radius 2 is 1.85 bits per heavy atom. The van der Waals surface area contributed by atoms with Crippen molar-refractivity contribution in [2.75, 3.05) is 19.8 Å². The number of benzene rings is 1. The van der Waals surface area contributed by atoms with Gasteiger partial charge in [-0.25, -0.2) is 4.98 Å². The highest BCUT2D eigenvalue weighted by Gasteiger charge is 1.98. The van der Waals surface area contributed by atoms with Crippen LogP contribution >= 0.6 is 0 Å². The summed E-state index contributed by atoms with van der Waals surface area (Å²) in [6.07, 6.45) is 7.34. The second kappa shape index (κ2) is 8.22. The van der Waals surface area contributed by atoms with Gasteiger partial charge >= 0.3 is 0 Å². The molecule has 0 saturated heterocycles. The summed E-state index contributed by atoms with van der Waals surface area (Å²) >= 11 is 0. The molecule has 2 N–H and O–H groups in total. The molecule has 1 aromatic carbocycles. The maximum Gasteiger partial charge on any atom is 0.122 e. The zero-order valence-electron chi connectivity index (χ0n) is 11.6. The molecule has 2 rings (SSSR count). The van der Waals surface area contributed by atoms with Crippen LogP contribution in [0.3, 0.4) is 0 Å². The Morgan fingerprint density at radius 3 is 2.50 bits per heavy atom. The van der Waals surface area contributed by atoms with Crippen LogP contribution in [0.2, 0.25) is 0 Å². The fourth-order valence-corrected chi connectivity index (χ4v) is 1.78. The number of nitrogens with two attached hydrogens (primary N) is 1. The van der Waals surface area contributed by atoms with Gasteiger partial charge in [-0.1, -0.05) is 6.07 Å². The predicted molar refractivity (Wildman–Crippen MR) is 77.9 cm³/mol. The molecule has 0 unspecified atom stereocenters. The van der Waals surface area contributed by atoms with Crippen molar-refractivity contribution in [1.82, 2.24) is 9.55 Å². The Labute approximate surface area is 119 Å². The summed E-state index contributed by atoms with van der Waals surface area (Å²) in [4.78, 5) is 4.00. The van der Waals surface area contributed by atoms with E-state index in [1.807, 2.05) is 41.4 Å². The standard InChI is InChI=1S/C15H21N3O2/c16-6-2-10-19-14-4-1-5-15(12-14)20-11-3-8-18-9-7-17-13-18/h1,4-5,7,9,12-13H,2-3,6,8,10-11,16H2. The molecular formula is C15H21N3O2. The Hall–Kier alpha value is -2.01. The van der Waals surface area contributed by atoms with Gasteiger partial charge in [0.2, 0.25) is 0 Å². The van der Waals surface area contributed by atoms with Gasteiger partial charge in [-0.2, -0.15) is 0 Å². The highest BCUT2D eigenvalue weighted by Crippen LogP contribution is 2.19. The minimum atomic E-state index is 0.639. The first-order chi connectivity index (χ1) is 9.88. The van der Waals surface area contributed by atoms with E-state index in [0.29, 0.717) is 19.8 Å². The lowest BCUT2D eigenvalue weighted by Gasteiger charge is -2.09. The normalized spacial score (nSPS) is 10.4. The number of aryl methyl sites for hydroxylation is 1. The summed E-state index contributed by atoms with van der Waals surface area (Å²) in [6, 6.07) is 7.71. The van der Waals surface area contributed by atoms with Gasteiger partial charge in [0.15, 0.2) is 0 Å². The Balaban J connectivity index is 1.70. The van der Waals surface area contributed by atoms with Crippen molar-refractivity contribution in [3.63, 3.8) is 0 Å². The van der Waals surface area contributed by atoms with E-state index < -0.39 is 0 Å². The Kier molecular flexibility index (Phi) is 5.92. The van der Waals surface area contributed by atoms with E-state index >= 15 is 0 Å². The van der Waals surface area contributed by atoms with Crippen LogP contribution < -0.4 is 15.2 Å². The van der Waals surface area contributed by atoms with E-state index in [2.05, 4.69) is 4.98 Å². The van der Waals surface area contributed by atoms with Gasteiger partial charge in [-0.15, -0.1) is 0 Å². The molecule has 0 saturated carbocycles. The monoisotopic (exact) mass is 275 g/mol. The SMILES string of the molecule is NCCCOc1cccc(OCCCn2ccnc2)c1. The molecule has 1 heterocycles. The van der Waals surface area contributed by atoms with Gasteiger partial charge in [-0.05, 0) is 31.5 Å². The molecule has 0 aliphatic rings. The maximum atomic E-state index is 5.71. The van der Waals surface area contributed by atoms with E-state index in [0.717, 1.165) is 30.9 Å². The third-order valence-electron chi connectivity index (χ3n) is 2.81. The number of rotatable bonds is 9. The predicted octanol–water partition coefficient (Wildman–Crippen LogP) is 2.08. The number of hydrogen-bond acceptors (Lipinski definition) is 4. The van der Waals surface area contributed by atoms with Gasteiger partial charge in [0.05, 0.1) is 19.5 Å². The van der Waals surface area contributed by atoms with Crippen LogP contribution in [0.25, 0.3) is 0 Å². The van der Waals surface area contributed by atoms with Crippen LogP contribution in [0.5, 0.6) is 11.5 Å². The van der Waals surface area contributed by atoms with Crippen molar-refractivity contribution in [2.45, 2.75) is 19.4 Å². The van der Waals surface area contributed by atoms with Gasteiger partial charge in [0, 0.05) is 25.0 Å². The highest BCUT2D eigenvalue weighted by molar-refractivity contribution is 5.32. The average Bonchev–Trinajstić information content (AvgIpc) is 2.98. The molecule has 20 heavy (non-hydrogen) atoms. The fourth-order valence-electron chi connectivity index (χ4n) is 1.78. The molecule has 0 spiro atoms. The first-order valence-electron chi connectivity index (χ1n) is 6.90. The number of ether oxygens (including phenoxy) is 2. The summed E-state index contributed by atoms with van der Waals surface area (Å²) < 4.78 is 13.3. The zero-order valence-corrected chi connectivity index (χ0v) is 11.6. The Morgan fingerprint density at radius 1 is 1.10 bits per heavy atom. The van der Waals surface area contributed by atoms with Crippen molar-refractivity contribution in [3.05, 3.63) is 43.0 Å². The van der Waals surface area contributed by atoms with E-state index in [4.69, 9.17) is 15.2 Å². The number of aromatic nitrogens is 2. The topological polar surface area (TPSA) is 62.3 Å². The van der Waals surface area contributed by atoms with Crippen LogP contribution in [0, 0.1) is 0 Å². The molecular weight excluding hydrogens is 254 g/mol. The minimum absolute atomic E-state index is 0.639. The van der Waals surface area contributed by atoms with Gasteiger partial charge in [0.1, 0.15) is 11.5 Å². The number of hydrogen-bond donors (Lipinski definition) is 1. The summed E-state index contributed by atoms with van der Waals surface area (Å²) in [7, 11) is 0. The van der Waals surface area contributed by atoms with E-state index in [9.17, 15) is 0 Å². The lowest BCUT2D eigenvalue weighted by atomic mass is 10.3. The van der Waals surface area contributed by atoms with Crippen LogP contribution in [-0.4, -0.2) is 29.3 Å². The molecule has 1 aromatic heterocycles. The van der Waals surface area contributed by atoms with Crippen molar-refractivity contribution in [3.8, 4) is 11.5 Å². The van der Waals surface area contributed by atoms with Gasteiger partial charge in [-0.3, -0.25) is 0 Å². The molecule has 0 radical (unpaired) electrons. The highest BCUT2D eigenvalue weighted by atomic mass is 16.5. The minimum Gasteiger partial charge on any atom is -0.493 e. The average molecular weight is 275 g/mol. The molecule has 0 aliphatic heterocycles. The van der Waals surface area contributed by atoms with Gasteiger partial charge < -0.3 is 19.8 Å². The van der Waals surface area contributed by atoms with E-state index in [1.54, 1.807) is 6.20 Å². The van der Waals surface area contributed by atoms with Crippen molar-refractivity contribution in [1.29, 1.82) is 0 Å². The zero-order chi connectivity index (χ0) is 14.0. The van der Waals surface area contributed by atoms with Crippen molar-refractivity contribution >= 4 is 0 Å². The fraction of sp³-hybridized carbons (Fsp3) is 0.400. The lowest BCUT2D eigenvalue weighted by Crippen LogP contribution is -2.06. The third kappa shape index (κ3) is 4.93. The number of imidazole rings is 1. The van der Waals surface area contributed by atoms with Crippen molar-refractivity contribution < 1.29 is 9.47 Å². The summed E-state index contributed by atoms with van der Waals surface area (Å²) in [5.74, 6) is 1.66. The molecule has 0 atom stereocenters. The molecule has 108 valence electrons. The molecule has 5 nitrogen and oxygen atoms in total. The second-order valence-corrected chi connectivity index (χ2v) is 4.47. The Bertz CT molecular complexity index is 486. The third-order valence-corrected chi connectivity index (χ3v) is 2.81. The molecule has 0 bridgehead atoms. The quantitative estimate of drug-likeness (QED) is 0.712. The first kappa shape index (κ1) is 14.4. The summed E-state index contributed by atoms with van der Waals surface area (Å²) in [6.45, 7) is 2.86. The second-order valence-electron chi connectivity index (χ2n) is 4.47.